The number of methoxy groups -OCH3 is 2. The van der Waals surface area contributed by atoms with Gasteiger partial charge in [0, 0.05) is 14.2 Å². The molecule has 0 amide bonds. The molecule has 142 valence electrons. The third-order valence-electron chi connectivity index (χ3n) is 3.52. The zero-order valence-electron chi connectivity index (χ0n) is 13.0. The minimum absolute atomic E-state index is 0.492. The van der Waals surface area contributed by atoms with Gasteiger partial charge < -0.3 is 9.47 Å². The van der Waals surface area contributed by atoms with Crippen molar-refractivity contribution in [1.29, 1.82) is 0 Å². The molecule has 0 aliphatic carbocycles. The minimum atomic E-state index is -4.10. The van der Waals surface area contributed by atoms with Crippen LogP contribution in [0.3, 0.4) is 0 Å². The van der Waals surface area contributed by atoms with Crippen LogP contribution in [0.5, 0.6) is 0 Å². The second-order valence-electron chi connectivity index (χ2n) is 4.95. The first-order valence-electron chi connectivity index (χ1n) is 6.08. The van der Waals surface area contributed by atoms with Crippen molar-refractivity contribution >= 4 is 0 Å². The SMILES string of the molecule is COC(CC(C)([N+](=O)[O-])[N+](=O)[O-])(CC([N+](=O)[O-])([N+](=O)[O-])[N+](=O)[O-])OC. The highest BCUT2D eigenvalue weighted by Gasteiger charge is 2.76. The number of ether oxygens (including phenoxy) is 2. The Balaban J connectivity index is 6.32. The van der Waals surface area contributed by atoms with Crippen molar-refractivity contribution in [1.82, 2.24) is 0 Å². The van der Waals surface area contributed by atoms with Gasteiger partial charge >= 0.3 is 11.4 Å². The van der Waals surface area contributed by atoms with Crippen molar-refractivity contribution in [2.75, 3.05) is 14.2 Å². The summed E-state index contributed by atoms with van der Waals surface area (Å²) in [6.45, 7) is 0.492. The first-order chi connectivity index (χ1) is 11.3. The Hall–Kier alpha value is -3.08. The van der Waals surface area contributed by atoms with E-state index in [2.05, 4.69) is 9.47 Å². The monoisotopic (exact) mass is 371 g/mol. The average molecular weight is 371 g/mol. The molecule has 0 fully saturated rings. The molecule has 0 saturated carbocycles. The number of nitro groups is 5. The summed E-state index contributed by atoms with van der Waals surface area (Å²) in [6.07, 6.45) is -3.15. The van der Waals surface area contributed by atoms with E-state index in [1.165, 1.54) is 0 Å². The standard InChI is InChI=1S/C8H13N5O12/c1-6(9(14)15,10(16)17)4-7(24-2,25-3)5-8(11(18)19,12(20)21)13(22)23/h4-5H2,1-3H3. The van der Waals surface area contributed by atoms with Gasteiger partial charge in [-0.05, 0) is 0 Å². The van der Waals surface area contributed by atoms with Crippen LogP contribution in [0.1, 0.15) is 19.8 Å². The third-order valence-corrected chi connectivity index (χ3v) is 3.52. The van der Waals surface area contributed by atoms with Gasteiger partial charge in [-0.1, -0.05) is 0 Å². The van der Waals surface area contributed by atoms with E-state index in [-0.39, 0.29) is 0 Å². The van der Waals surface area contributed by atoms with Crippen molar-refractivity contribution < 1.29 is 34.1 Å². The zero-order chi connectivity index (χ0) is 20.2. The minimum Gasteiger partial charge on any atom is -0.352 e. The summed E-state index contributed by atoms with van der Waals surface area (Å²) in [4.78, 5) is 46.6. The van der Waals surface area contributed by atoms with Gasteiger partial charge in [0.15, 0.2) is 14.8 Å². The lowest BCUT2D eigenvalue weighted by atomic mass is 9.96. The van der Waals surface area contributed by atoms with E-state index in [0.717, 1.165) is 0 Å². The summed E-state index contributed by atoms with van der Waals surface area (Å²) in [5.41, 5.74) is -3.05. The maximum Gasteiger partial charge on any atom is 0.705 e. The molecule has 0 bridgehead atoms. The van der Waals surface area contributed by atoms with E-state index in [9.17, 15) is 50.6 Å². The molecule has 0 aliphatic rings. The van der Waals surface area contributed by atoms with Crippen LogP contribution in [0.4, 0.5) is 0 Å². The summed E-state index contributed by atoms with van der Waals surface area (Å²) in [5, 5.41) is 55.0. The van der Waals surface area contributed by atoms with Gasteiger partial charge in [0.1, 0.15) is 6.42 Å². The quantitative estimate of drug-likeness (QED) is 0.254. The van der Waals surface area contributed by atoms with Gasteiger partial charge in [-0.2, -0.15) is 0 Å². The lowest BCUT2D eigenvalue weighted by molar-refractivity contribution is -0.973. The Labute approximate surface area is 137 Å². The molecule has 0 radical (unpaired) electrons. The van der Waals surface area contributed by atoms with Crippen LogP contribution in [-0.4, -0.2) is 56.1 Å². The Morgan fingerprint density at radius 2 is 1.00 bits per heavy atom. The molecule has 0 aromatic carbocycles. The summed E-state index contributed by atoms with van der Waals surface area (Å²) in [6, 6.07) is 0. The third kappa shape index (κ3) is 3.71. The average Bonchev–Trinajstić information content (AvgIpc) is 2.49. The Morgan fingerprint density at radius 3 is 1.20 bits per heavy atom. The summed E-state index contributed by atoms with van der Waals surface area (Å²) in [7, 11) is 1.43. The molecule has 0 rings (SSSR count). The highest BCUT2D eigenvalue weighted by molar-refractivity contribution is 4.80. The van der Waals surface area contributed by atoms with E-state index in [1.54, 1.807) is 0 Å². The van der Waals surface area contributed by atoms with Crippen molar-refractivity contribution in [3.05, 3.63) is 50.6 Å². The summed E-state index contributed by atoms with van der Waals surface area (Å²) < 4.78 is 9.29. The first-order valence-corrected chi connectivity index (χ1v) is 6.08. The van der Waals surface area contributed by atoms with Crippen LogP contribution >= 0.6 is 0 Å². The lowest BCUT2D eigenvalue weighted by Gasteiger charge is -2.30. The van der Waals surface area contributed by atoms with Crippen molar-refractivity contribution in [3.8, 4) is 0 Å². The van der Waals surface area contributed by atoms with Crippen LogP contribution in [-0.2, 0) is 9.47 Å². The number of hydrogen-bond donors (Lipinski definition) is 0. The maximum atomic E-state index is 11.0. The molecule has 0 spiro atoms. The Bertz CT molecular complexity index is 550. The molecule has 17 nitrogen and oxygen atoms in total. The Kier molecular flexibility index (Phi) is 6.33. The molecule has 25 heavy (non-hydrogen) atoms. The topological polar surface area (TPSA) is 234 Å². The van der Waals surface area contributed by atoms with Gasteiger partial charge in [-0.3, -0.25) is 50.6 Å². The molecule has 17 heteroatoms. The fourth-order valence-electron chi connectivity index (χ4n) is 1.90. The molecule has 0 N–H and O–H groups in total. The largest absolute Gasteiger partial charge is 0.705 e. The second-order valence-corrected chi connectivity index (χ2v) is 4.95. The van der Waals surface area contributed by atoms with Crippen LogP contribution < -0.4 is 0 Å². The highest BCUT2D eigenvalue weighted by atomic mass is 16.7. The predicted molar refractivity (Wildman–Crippen MR) is 72.1 cm³/mol. The van der Waals surface area contributed by atoms with Crippen LogP contribution in [0.25, 0.3) is 0 Å². The first kappa shape index (κ1) is 21.9. The van der Waals surface area contributed by atoms with E-state index in [0.29, 0.717) is 21.1 Å². The number of nitrogens with zero attached hydrogens (tertiary/aromatic N) is 5. The lowest BCUT2D eigenvalue weighted by Crippen LogP contribution is -2.61. The van der Waals surface area contributed by atoms with Crippen LogP contribution in [0.2, 0.25) is 0 Å². The van der Waals surface area contributed by atoms with Gasteiger partial charge in [0.25, 0.3) is 0 Å². The van der Waals surface area contributed by atoms with Gasteiger partial charge in [-0.15, -0.1) is 0 Å². The smallest absolute Gasteiger partial charge is 0.352 e. The molecule has 0 aromatic heterocycles. The van der Waals surface area contributed by atoms with Gasteiger partial charge in [0.2, 0.25) is 12.2 Å². The van der Waals surface area contributed by atoms with Crippen LogP contribution in [0.15, 0.2) is 0 Å². The van der Waals surface area contributed by atoms with E-state index in [4.69, 9.17) is 0 Å². The number of hydrogen-bond acceptors (Lipinski definition) is 12. The predicted octanol–water partition coefficient (Wildman–Crippen LogP) is -0.491. The van der Waals surface area contributed by atoms with Gasteiger partial charge in [0.05, 0.1) is 16.8 Å². The zero-order valence-corrected chi connectivity index (χ0v) is 13.0. The molecule has 0 saturated heterocycles. The molecular weight excluding hydrogens is 358 g/mol. The van der Waals surface area contributed by atoms with Crippen molar-refractivity contribution in [2.45, 2.75) is 37.0 Å². The summed E-state index contributed by atoms with van der Waals surface area (Å²) >= 11 is 0. The molecule has 0 heterocycles. The van der Waals surface area contributed by atoms with Crippen LogP contribution in [0, 0.1) is 50.6 Å². The molecule has 0 unspecified atom stereocenters. The Morgan fingerprint density at radius 1 is 0.680 bits per heavy atom. The van der Waals surface area contributed by atoms with E-state index >= 15 is 0 Å². The highest BCUT2D eigenvalue weighted by Crippen LogP contribution is 2.36. The van der Waals surface area contributed by atoms with Crippen molar-refractivity contribution in [3.63, 3.8) is 0 Å². The molecular formula is C8H13N5O12. The normalized spacial score (nSPS) is 12.4. The molecule has 0 aliphatic heterocycles. The second kappa shape index (κ2) is 7.21. The molecule has 0 aromatic rings. The summed E-state index contributed by atoms with van der Waals surface area (Å²) in [5.74, 6) is -6.85. The fourth-order valence-corrected chi connectivity index (χ4v) is 1.90. The molecule has 0 atom stereocenters. The number of rotatable bonds is 11. The van der Waals surface area contributed by atoms with Crippen molar-refractivity contribution in [2.24, 2.45) is 0 Å². The van der Waals surface area contributed by atoms with E-state index in [1.807, 2.05) is 0 Å². The maximum absolute atomic E-state index is 11.0. The fraction of sp³-hybridized carbons (Fsp3) is 1.00. The van der Waals surface area contributed by atoms with E-state index < -0.39 is 54.7 Å². The van der Waals surface area contributed by atoms with Gasteiger partial charge in [-0.25, -0.2) is 0 Å².